The Balaban J connectivity index is 1.77. The van der Waals surface area contributed by atoms with Gasteiger partial charge in [-0.25, -0.2) is 0 Å². The molecule has 0 saturated carbocycles. The SMILES string of the molecule is Nc1cnccc1SCCC(=O)Nc1ccccc1. The zero-order valence-corrected chi connectivity index (χ0v) is 11.2. The molecule has 0 aliphatic rings. The van der Waals surface area contributed by atoms with E-state index in [4.69, 9.17) is 5.73 Å². The van der Waals surface area contributed by atoms with E-state index < -0.39 is 0 Å². The number of carbonyl (C=O) groups is 1. The third kappa shape index (κ3) is 4.30. The zero-order chi connectivity index (χ0) is 13.5. The molecule has 98 valence electrons. The van der Waals surface area contributed by atoms with Crippen LogP contribution in [0.5, 0.6) is 0 Å². The average molecular weight is 273 g/mol. The fourth-order valence-electron chi connectivity index (χ4n) is 1.52. The van der Waals surface area contributed by atoms with Crippen molar-refractivity contribution in [3.63, 3.8) is 0 Å². The number of hydrogen-bond donors (Lipinski definition) is 2. The first-order chi connectivity index (χ1) is 9.25. The predicted octanol–water partition coefficient (Wildman–Crippen LogP) is 2.78. The zero-order valence-electron chi connectivity index (χ0n) is 10.4. The lowest BCUT2D eigenvalue weighted by molar-refractivity contribution is -0.115. The Morgan fingerprint density at radius 2 is 2.05 bits per heavy atom. The molecule has 0 spiro atoms. The van der Waals surface area contributed by atoms with Crippen molar-refractivity contribution in [1.82, 2.24) is 4.98 Å². The summed E-state index contributed by atoms with van der Waals surface area (Å²) in [6.45, 7) is 0. The minimum atomic E-state index is 0.00586. The Hall–Kier alpha value is -2.01. The normalized spacial score (nSPS) is 10.1. The number of anilines is 2. The van der Waals surface area contributed by atoms with Crippen LogP contribution in [0.3, 0.4) is 0 Å². The van der Waals surface area contributed by atoms with Crippen LogP contribution in [-0.2, 0) is 4.79 Å². The molecule has 0 fully saturated rings. The molecule has 0 radical (unpaired) electrons. The van der Waals surface area contributed by atoms with Crippen molar-refractivity contribution in [3.05, 3.63) is 48.8 Å². The molecular formula is C14H15N3OS. The van der Waals surface area contributed by atoms with E-state index in [1.807, 2.05) is 36.4 Å². The molecule has 4 nitrogen and oxygen atoms in total. The summed E-state index contributed by atoms with van der Waals surface area (Å²) >= 11 is 1.56. The third-order valence-corrected chi connectivity index (χ3v) is 3.55. The lowest BCUT2D eigenvalue weighted by Gasteiger charge is -2.06. The first kappa shape index (κ1) is 13.4. The Kier molecular flexibility index (Phi) is 4.80. The number of carbonyl (C=O) groups excluding carboxylic acids is 1. The van der Waals surface area contributed by atoms with Gasteiger partial charge in [-0.2, -0.15) is 0 Å². The quantitative estimate of drug-likeness (QED) is 0.822. The summed E-state index contributed by atoms with van der Waals surface area (Å²) in [5.41, 5.74) is 7.25. The number of nitrogens with one attached hydrogen (secondary N) is 1. The highest BCUT2D eigenvalue weighted by atomic mass is 32.2. The minimum absolute atomic E-state index is 0.00586. The lowest BCUT2D eigenvalue weighted by Crippen LogP contribution is -2.12. The number of nitrogens with zero attached hydrogens (tertiary/aromatic N) is 1. The summed E-state index contributed by atoms with van der Waals surface area (Å²) < 4.78 is 0. The largest absolute Gasteiger partial charge is 0.397 e. The molecular weight excluding hydrogens is 258 g/mol. The number of hydrogen-bond acceptors (Lipinski definition) is 4. The number of amides is 1. The first-order valence-corrected chi connectivity index (χ1v) is 6.91. The predicted molar refractivity (Wildman–Crippen MR) is 79.1 cm³/mol. The molecule has 1 aromatic carbocycles. The molecule has 0 unspecified atom stereocenters. The number of nitrogens with two attached hydrogens (primary N) is 1. The molecule has 1 heterocycles. The van der Waals surface area contributed by atoms with Gasteiger partial charge in [0.1, 0.15) is 0 Å². The van der Waals surface area contributed by atoms with Crippen LogP contribution in [0.15, 0.2) is 53.7 Å². The second-order valence-corrected chi connectivity index (χ2v) is 5.06. The lowest BCUT2D eigenvalue weighted by atomic mass is 10.3. The van der Waals surface area contributed by atoms with Gasteiger partial charge in [-0.15, -0.1) is 11.8 Å². The van der Waals surface area contributed by atoms with Gasteiger partial charge in [-0.1, -0.05) is 18.2 Å². The van der Waals surface area contributed by atoms with Crippen molar-refractivity contribution in [1.29, 1.82) is 0 Å². The van der Waals surface area contributed by atoms with Gasteiger partial charge in [0, 0.05) is 29.0 Å². The topological polar surface area (TPSA) is 68.0 Å². The maximum atomic E-state index is 11.7. The van der Waals surface area contributed by atoms with E-state index in [1.165, 1.54) is 0 Å². The number of rotatable bonds is 5. The van der Waals surface area contributed by atoms with Crippen LogP contribution in [0.2, 0.25) is 0 Å². The van der Waals surface area contributed by atoms with Crippen LogP contribution in [-0.4, -0.2) is 16.6 Å². The molecule has 0 bridgehead atoms. The van der Waals surface area contributed by atoms with E-state index in [-0.39, 0.29) is 5.91 Å². The second kappa shape index (κ2) is 6.80. The number of pyridine rings is 1. The van der Waals surface area contributed by atoms with Gasteiger partial charge in [0.25, 0.3) is 0 Å². The fourth-order valence-corrected chi connectivity index (χ4v) is 2.41. The Morgan fingerprint density at radius 3 is 2.79 bits per heavy atom. The Bertz CT molecular complexity index is 545. The van der Waals surface area contributed by atoms with Gasteiger partial charge in [-0.3, -0.25) is 9.78 Å². The van der Waals surface area contributed by atoms with Gasteiger partial charge in [0.2, 0.25) is 5.91 Å². The minimum Gasteiger partial charge on any atom is -0.397 e. The van der Waals surface area contributed by atoms with E-state index in [0.29, 0.717) is 17.9 Å². The van der Waals surface area contributed by atoms with Crippen molar-refractivity contribution < 1.29 is 4.79 Å². The summed E-state index contributed by atoms with van der Waals surface area (Å²) in [6, 6.07) is 11.3. The highest BCUT2D eigenvalue weighted by molar-refractivity contribution is 7.99. The number of benzene rings is 1. The maximum Gasteiger partial charge on any atom is 0.225 e. The molecule has 2 aromatic rings. The van der Waals surface area contributed by atoms with Crippen LogP contribution in [0.4, 0.5) is 11.4 Å². The van der Waals surface area contributed by atoms with Crippen molar-refractivity contribution in [3.8, 4) is 0 Å². The summed E-state index contributed by atoms with van der Waals surface area (Å²) in [5, 5.41) is 2.85. The number of thioether (sulfide) groups is 1. The smallest absolute Gasteiger partial charge is 0.225 e. The molecule has 1 aromatic heterocycles. The Morgan fingerprint density at radius 1 is 1.26 bits per heavy atom. The van der Waals surface area contributed by atoms with E-state index >= 15 is 0 Å². The molecule has 3 N–H and O–H groups in total. The van der Waals surface area contributed by atoms with Crippen molar-refractivity contribution in [2.45, 2.75) is 11.3 Å². The van der Waals surface area contributed by atoms with Crippen molar-refractivity contribution in [2.75, 3.05) is 16.8 Å². The van der Waals surface area contributed by atoms with Crippen LogP contribution in [0, 0.1) is 0 Å². The summed E-state index contributed by atoms with van der Waals surface area (Å²) in [6.07, 6.45) is 3.76. The summed E-state index contributed by atoms with van der Waals surface area (Å²) in [7, 11) is 0. The first-order valence-electron chi connectivity index (χ1n) is 5.93. The molecule has 5 heteroatoms. The molecule has 19 heavy (non-hydrogen) atoms. The summed E-state index contributed by atoms with van der Waals surface area (Å²) in [4.78, 5) is 16.6. The number of para-hydroxylation sites is 1. The highest BCUT2D eigenvalue weighted by Crippen LogP contribution is 2.24. The second-order valence-electron chi connectivity index (χ2n) is 3.93. The molecule has 1 amide bonds. The monoisotopic (exact) mass is 273 g/mol. The van der Waals surface area contributed by atoms with Crippen molar-refractivity contribution in [2.24, 2.45) is 0 Å². The van der Waals surface area contributed by atoms with Gasteiger partial charge in [-0.05, 0) is 18.2 Å². The van der Waals surface area contributed by atoms with Crippen LogP contribution in [0.1, 0.15) is 6.42 Å². The van der Waals surface area contributed by atoms with Crippen LogP contribution < -0.4 is 11.1 Å². The molecule has 0 aliphatic carbocycles. The van der Waals surface area contributed by atoms with Crippen molar-refractivity contribution >= 4 is 29.0 Å². The van der Waals surface area contributed by atoms with Gasteiger partial charge < -0.3 is 11.1 Å². The van der Waals surface area contributed by atoms with E-state index in [2.05, 4.69) is 10.3 Å². The van der Waals surface area contributed by atoms with Gasteiger partial charge in [0.15, 0.2) is 0 Å². The maximum absolute atomic E-state index is 11.7. The van der Waals surface area contributed by atoms with Crippen LogP contribution >= 0.6 is 11.8 Å². The van der Waals surface area contributed by atoms with Crippen LogP contribution in [0.25, 0.3) is 0 Å². The fraction of sp³-hybridized carbons (Fsp3) is 0.143. The average Bonchev–Trinajstić information content (AvgIpc) is 2.42. The molecule has 0 saturated heterocycles. The van der Waals surface area contributed by atoms with Gasteiger partial charge >= 0.3 is 0 Å². The molecule has 0 atom stereocenters. The van der Waals surface area contributed by atoms with E-state index in [0.717, 1.165) is 10.6 Å². The molecule has 2 rings (SSSR count). The van der Waals surface area contributed by atoms with E-state index in [1.54, 1.807) is 24.2 Å². The standard InChI is InChI=1S/C14H15N3OS/c15-12-10-16-8-6-13(12)19-9-7-14(18)17-11-4-2-1-3-5-11/h1-6,8,10H,7,9,15H2,(H,17,18). The number of nitrogen functional groups attached to an aromatic ring is 1. The highest BCUT2D eigenvalue weighted by Gasteiger charge is 2.04. The third-order valence-electron chi connectivity index (χ3n) is 2.45. The van der Waals surface area contributed by atoms with E-state index in [9.17, 15) is 4.79 Å². The van der Waals surface area contributed by atoms with Gasteiger partial charge in [0.05, 0.1) is 11.9 Å². The summed E-state index contributed by atoms with van der Waals surface area (Å²) in [5.74, 6) is 0.693. The Labute approximate surface area is 116 Å². The number of aromatic nitrogens is 1. The molecule has 0 aliphatic heterocycles.